The molecule has 0 radical (unpaired) electrons. The Morgan fingerprint density at radius 1 is 1.14 bits per heavy atom. The van der Waals surface area contributed by atoms with E-state index in [2.05, 4.69) is 10.6 Å². The fourth-order valence-electron chi connectivity index (χ4n) is 2.37. The minimum atomic E-state index is -0.148. The lowest BCUT2D eigenvalue weighted by Gasteiger charge is -2.17. The van der Waals surface area contributed by atoms with Crippen molar-refractivity contribution in [3.8, 4) is 0 Å². The van der Waals surface area contributed by atoms with Gasteiger partial charge >= 0.3 is 6.03 Å². The minimum absolute atomic E-state index is 0.0169. The summed E-state index contributed by atoms with van der Waals surface area (Å²) in [4.78, 5) is 11.9. The van der Waals surface area contributed by atoms with Crippen LogP contribution in [0.3, 0.4) is 0 Å². The van der Waals surface area contributed by atoms with Crippen LogP contribution in [0.25, 0.3) is 0 Å². The number of nitrogens with one attached hydrogen (secondary N) is 2. The van der Waals surface area contributed by atoms with Crippen molar-refractivity contribution in [2.45, 2.75) is 26.3 Å². The normalized spacial score (nSPS) is 11.8. The van der Waals surface area contributed by atoms with Crippen molar-refractivity contribution in [1.29, 1.82) is 0 Å². The van der Waals surface area contributed by atoms with Crippen LogP contribution in [0.4, 0.5) is 4.79 Å². The Labute approximate surface area is 136 Å². The molecule has 116 valence electrons. The minimum Gasteiger partial charge on any atom is -0.338 e. The van der Waals surface area contributed by atoms with Gasteiger partial charge in [-0.1, -0.05) is 48.0 Å². The fourth-order valence-corrected chi connectivity index (χ4v) is 2.50. The van der Waals surface area contributed by atoms with E-state index in [4.69, 9.17) is 11.6 Å². The van der Waals surface area contributed by atoms with Crippen molar-refractivity contribution in [2.75, 3.05) is 6.54 Å². The van der Waals surface area contributed by atoms with Crippen LogP contribution in [-0.4, -0.2) is 12.6 Å². The highest BCUT2D eigenvalue weighted by atomic mass is 35.5. The van der Waals surface area contributed by atoms with Gasteiger partial charge in [-0.3, -0.25) is 0 Å². The van der Waals surface area contributed by atoms with Crippen molar-refractivity contribution in [3.05, 3.63) is 70.2 Å². The molecule has 0 aliphatic rings. The molecule has 0 bridgehead atoms. The molecule has 0 aliphatic carbocycles. The first-order chi connectivity index (χ1) is 10.6. The summed E-state index contributed by atoms with van der Waals surface area (Å²) in [6.07, 6.45) is 0.781. The number of carbonyl (C=O) groups is 1. The predicted molar refractivity (Wildman–Crippen MR) is 91.3 cm³/mol. The second kappa shape index (κ2) is 7.85. The molecule has 2 rings (SSSR count). The van der Waals surface area contributed by atoms with Crippen molar-refractivity contribution in [2.24, 2.45) is 0 Å². The van der Waals surface area contributed by atoms with Crippen LogP contribution in [0.2, 0.25) is 5.02 Å². The monoisotopic (exact) mass is 316 g/mol. The van der Waals surface area contributed by atoms with Gasteiger partial charge in [0.15, 0.2) is 0 Å². The molecule has 3 nitrogen and oxygen atoms in total. The summed E-state index contributed by atoms with van der Waals surface area (Å²) >= 11 is 5.84. The van der Waals surface area contributed by atoms with Gasteiger partial charge in [0, 0.05) is 11.6 Å². The summed E-state index contributed by atoms with van der Waals surface area (Å²) in [6.45, 7) is 4.63. The Morgan fingerprint density at radius 3 is 2.50 bits per heavy atom. The van der Waals surface area contributed by atoms with E-state index >= 15 is 0 Å². The van der Waals surface area contributed by atoms with Crippen LogP contribution in [0.15, 0.2) is 48.5 Å². The molecule has 0 aliphatic heterocycles. The van der Waals surface area contributed by atoms with Crippen molar-refractivity contribution >= 4 is 17.6 Å². The lowest BCUT2D eigenvalue weighted by molar-refractivity contribution is 0.238. The van der Waals surface area contributed by atoms with Gasteiger partial charge in [0.25, 0.3) is 0 Å². The van der Waals surface area contributed by atoms with Crippen LogP contribution < -0.4 is 10.6 Å². The molecular weight excluding hydrogens is 296 g/mol. The second-order valence-corrected chi connectivity index (χ2v) is 5.79. The van der Waals surface area contributed by atoms with Gasteiger partial charge in [-0.25, -0.2) is 4.79 Å². The summed E-state index contributed by atoms with van der Waals surface area (Å²) in [6, 6.07) is 15.6. The highest BCUT2D eigenvalue weighted by Crippen LogP contribution is 2.16. The van der Waals surface area contributed by atoms with E-state index in [0.29, 0.717) is 6.54 Å². The summed E-state index contributed by atoms with van der Waals surface area (Å²) in [7, 11) is 0. The van der Waals surface area contributed by atoms with Crippen LogP contribution in [0.5, 0.6) is 0 Å². The molecule has 1 atom stereocenters. The third kappa shape index (κ3) is 4.78. The number of hydrogen-bond acceptors (Lipinski definition) is 1. The fraction of sp³-hybridized carbons (Fsp3) is 0.278. The van der Waals surface area contributed by atoms with E-state index < -0.39 is 0 Å². The lowest BCUT2D eigenvalue weighted by atomic mass is 10.0. The molecule has 2 aromatic carbocycles. The van der Waals surface area contributed by atoms with Crippen molar-refractivity contribution < 1.29 is 4.79 Å². The van der Waals surface area contributed by atoms with E-state index in [9.17, 15) is 4.79 Å². The number of urea groups is 1. The third-order valence-corrected chi connectivity index (χ3v) is 3.87. The standard InChI is InChI=1S/C18H21ClN2O/c1-13-5-3-4-6-17(13)14(2)21-18(22)20-12-11-15-7-9-16(19)10-8-15/h3-10,14H,11-12H2,1-2H3,(H2,20,21,22). The molecule has 0 saturated heterocycles. The van der Waals surface area contributed by atoms with Crippen LogP contribution in [-0.2, 0) is 6.42 Å². The molecule has 2 amide bonds. The molecular formula is C18H21ClN2O. The number of benzene rings is 2. The zero-order valence-electron chi connectivity index (χ0n) is 12.9. The summed E-state index contributed by atoms with van der Waals surface area (Å²) in [5, 5.41) is 6.57. The number of hydrogen-bond donors (Lipinski definition) is 2. The van der Waals surface area contributed by atoms with E-state index in [-0.39, 0.29) is 12.1 Å². The highest BCUT2D eigenvalue weighted by Gasteiger charge is 2.10. The van der Waals surface area contributed by atoms with Gasteiger partial charge in [-0.2, -0.15) is 0 Å². The third-order valence-electron chi connectivity index (χ3n) is 3.62. The molecule has 0 saturated carbocycles. The zero-order chi connectivity index (χ0) is 15.9. The van der Waals surface area contributed by atoms with E-state index in [1.165, 1.54) is 5.56 Å². The van der Waals surface area contributed by atoms with Crippen LogP contribution in [0, 0.1) is 6.92 Å². The Morgan fingerprint density at radius 2 is 1.82 bits per heavy atom. The maximum Gasteiger partial charge on any atom is 0.315 e. The van der Waals surface area contributed by atoms with Gasteiger partial charge in [0.05, 0.1) is 6.04 Å². The molecule has 2 N–H and O–H groups in total. The molecule has 1 unspecified atom stereocenters. The zero-order valence-corrected chi connectivity index (χ0v) is 13.7. The molecule has 22 heavy (non-hydrogen) atoms. The van der Waals surface area contributed by atoms with E-state index in [1.54, 1.807) is 0 Å². The summed E-state index contributed by atoms with van der Waals surface area (Å²) < 4.78 is 0. The van der Waals surface area contributed by atoms with Gasteiger partial charge in [-0.05, 0) is 49.1 Å². The molecule has 0 fully saturated rings. The maximum absolute atomic E-state index is 11.9. The first kappa shape index (κ1) is 16.4. The average molecular weight is 317 g/mol. The Kier molecular flexibility index (Phi) is 5.84. The summed E-state index contributed by atoms with van der Waals surface area (Å²) in [5.74, 6) is 0. The number of aryl methyl sites for hydroxylation is 1. The molecule has 0 aromatic heterocycles. The second-order valence-electron chi connectivity index (χ2n) is 5.35. The predicted octanol–water partition coefficient (Wildman–Crippen LogP) is 4.25. The number of halogens is 1. The number of carbonyl (C=O) groups excluding carboxylic acids is 1. The first-order valence-corrected chi connectivity index (χ1v) is 7.78. The Balaban J connectivity index is 1.78. The van der Waals surface area contributed by atoms with Crippen molar-refractivity contribution in [1.82, 2.24) is 10.6 Å². The van der Waals surface area contributed by atoms with Crippen LogP contribution >= 0.6 is 11.6 Å². The first-order valence-electron chi connectivity index (χ1n) is 7.40. The molecule has 0 spiro atoms. The van der Waals surface area contributed by atoms with Crippen molar-refractivity contribution in [3.63, 3.8) is 0 Å². The quantitative estimate of drug-likeness (QED) is 0.850. The number of amides is 2. The number of rotatable bonds is 5. The Hall–Kier alpha value is -2.00. The molecule has 4 heteroatoms. The molecule has 0 heterocycles. The SMILES string of the molecule is Cc1ccccc1C(C)NC(=O)NCCc1ccc(Cl)cc1. The largest absolute Gasteiger partial charge is 0.338 e. The topological polar surface area (TPSA) is 41.1 Å². The van der Waals surface area contributed by atoms with Gasteiger partial charge in [0.1, 0.15) is 0 Å². The Bertz CT molecular complexity index is 625. The molecule has 2 aromatic rings. The van der Waals surface area contributed by atoms with Gasteiger partial charge in [0.2, 0.25) is 0 Å². The lowest BCUT2D eigenvalue weighted by Crippen LogP contribution is -2.38. The van der Waals surface area contributed by atoms with E-state index in [1.807, 2.05) is 62.4 Å². The van der Waals surface area contributed by atoms with Gasteiger partial charge < -0.3 is 10.6 Å². The average Bonchev–Trinajstić information content (AvgIpc) is 2.49. The highest BCUT2D eigenvalue weighted by molar-refractivity contribution is 6.30. The summed E-state index contributed by atoms with van der Waals surface area (Å²) in [5.41, 5.74) is 3.46. The van der Waals surface area contributed by atoms with E-state index in [0.717, 1.165) is 22.6 Å². The van der Waals surface area contributed by atoms with Crippen LogP contribution in [0.1, 0.15) is 29.7 Å². The smallest absolute Gasteiger partial charge is 0.315 e. The maximum atomic E-state index is 11.9. The van der Waals surface area contributed by atoms with Gasteiger partial charge in [-0.15, -0.1) is 0 Å².